The average Bonchev–Trinajstić information content (AvgIpc) is 3.39. The molecule has 2 saturated heterocycles. The molecule has 3 aliphatic rings. The van der Waals surface area contributed by atoms with Crippen molar-refractivity contribution in [3.8, 4) is 0 Å². The SMILES string of the molecule is CCOC(=O)[C@H](CCc1ccccc1)N[C@@H](C)C(=O)N1[C@H](C(=O)O[C@@H]2O[C@H](C(=O)O)[C@@H](O)[C@H](O)[C@H]2O)C[C@H]2CCCC[C@@H]21. The molecule has 1 aliphatic carbocycles. The largest absolute Gasteiger partial charge is 0.479 e. The van der Waals surface area contributed by atoms with Gasteiger partial charge in [0.2, 0.25) is 12.2 Å². The number of amides is 1. The number of carboxylic acid groups (broad SMARTS) is 1. The summed E-state index contributed by atoms with van der Waals surface area (Å²) in [6.07, 6.45) is -5.03. The second-order valence-corrected chi connectivity index (χ2v) is 11.5. The van der Waals surface area contributed by atoms with Gasteiger partial charge in [-0.25, -0.2) is 9.59 Å². The summed E-state index contributed by atoms with van der Waals surface area (Å²) in [6.45, 7) is 3.51. The van der Waals surface area contributed by atoms with Crippen LogP contribution in [0.2, 0.25) is 0 Å². The molecule has 5 N–H and O–H groups in total. The van der Waals surface area contributed by atoms with Gasteiger partial charge in [0.1, 0.15) is 30.4 Å². The molecule has 13 nitrogen and oxygen atoms in total. The molecule has 1 saturated carbocycles. The van der Waals surface area contributed by atoms with Crippen LogP contribution in [0.1, 0.15) is 57.9 Å². The van der Waals surface area contributed by atoms with Gasteiger partial charge in [-0.2, -0.15) is 0 Å². The van der Waals surface area contributed by atoms with Gasteiger partial charge in [0, 0.05) is 6.04 Å². The van der Waals surface area contributed by atoms with E-state index in [-0.39, 0.29) is 18.6 Å². The molecule has 0 aromatic heterocycles. The monoisotopic (exact) mass is 606 g/mol. The fourth-order valence-electron chi connectivity index (χ4n) is 6.39. The van der Waals surface area contributed by atoms with Gasteiger partial charge in [-0.15, -0.1) is 0 Å². The summed E-state index contributed by atoms with van der Waals surface area (Å²) in [4.78, 5) is 53.2. The van der Waals surface area contributed by atoms with Crippen molar-refractivity contribution in [1.29, 1.82) is 0 Å². The molecule has 10 atom stereocenters. The van der Waals surface area contributed by atoms with Gasteiger partial charge >= 0.3 is 17.9 Å². The molecule has 1 amide bonds. The Kier molecular flexibility index (Phi) is 11.1. The summed E-state index contributed by atoms with van der Waals surface area (Å²) in [5.41, 5.74) is 1.03. The topological polar surface area (TPSA) is 192 Å². The first kappa shape index (κ1) is 32.8. The van der Waals surface area contributed by atoms with E-state index in [1.54, 1.807) is 13.8 Å². The van der Waals surface area contributed by atoms with Crippen LogP contribution in [-0.4, -0.2) is 111 Å². The van der Waals surface area contributed by atoms with Gasteiger partial charge in [-0.3, -0.25) is 14.9 Å². The molecule has 0 bridgehead atoms. The first-order valence-electron chi connectivity index (χ1n) is 14.9. The van der Waals surface area contributed by atoms with E-state index in [4.69, 9.17) is 14.2 Å². The molecule has 2 aliphatic heterocycles. The normalized spacial score (nSPS) is 31.9. The van der Waals surface area contributed by atoms with E-state index >= 15 is 0 Å². The highest BCUT2D eigenvalue weighted by molar-refractivity contribution is 5.89. The van der Waals surface area contributed by atoms with Crippen molar-refractivity contribution in [3.05, 3.63) is 35.9 Å². The van der Waals surface area contributed by atoms with Gasteiger partial charge < -0.3 is 39.5 Å². The number of fused-ring (bicyclic) bond motifs is 1. The molecule has 2 heterocycles. The van der Waals surface area contributed by atoms with Gasteiger partial charge in [-0.05, 0) is 57.4 Å². The number of benzene rings is 1. The lowest BCUT2D eigenvalue weighted by Gasteiger charge is -2.39. The number of likely N-dealkylation sites (tertiary alicyclic amines) is 1. The van der Waals surface area contributed by atoms with E-state index in [1.807, 2.05) is 30.3 Å². The maximum Gasteiger partial charge on any atom is 0.335 e. The summed E-state index contributed by atoms with van der Waals surface area (Å²) < 4.78 is 15.8. The Morgan fingerprint density at radius 2 is 1.74 bits per heavy atom. The van der Waals surface area contributed by atoms with Crippen LogP contribution in [-0.2, 0) is 39.8 Å². The van der Waals surface area contributed by atoms with Gasteiger partial charge in [0.15, 0.2) is 6.10 Å². The average molecular weight is 607 g/mol. The molecule has 43 heavy (non-hydrogen) atoms. The number of carbonyl (C=O) groups is 4. The molecular weight excluding hydrogens is 564 g/mol. The zero-order chi connectivity index (χ0) is 31.3. The number of hydrogen-bond donors (Lipinski definition) is 5. The maximum atomic E-state index is 14.0. The van der Waals surface area contributed by atoms with Crippen molar-refractivity contribution < 1.29 is 53.8 Å². The van der Waals surface area contributed by atoms with Crippen molar-refractivity contribution in [1.82, 2.24) is 10.2 Å². The number of aliphatic carboxylic acids is 1. The number of rotatable bonds is 11. The van der Waals surface area contributed by atoms with E-state index in [0.717, 1.165) is 24.8 Å². The number of aryl methyl sites for hydroxylation is 1. The molecule has 3 fully saturated rings. The third-order valence-corrected chi connectivity index (χ3v) is 8.62. The van der Waals surface area contributed by atoms with Crippen molar-refractivity contribution in [3.63, 3.8) is 0 Å². The molecule has 0 unspecified atom stereocenters. The number of nitrogens with one attached hydrogen (secondary N) is 1. The first-order chi connectivity index (χ1) is 20.5. The lowest BCUT2D eigenvalue weighted by atomic mass is 9.84. The van der Waals surface area contributed by atoms with E-state index < -0.39 is 72.6 Å². The smallest absolute Gasteiger partial charge is 0.335 e. The minimum Gasteiger partial charge on any atom is -0.479 e. The Bertz CT molecular complexity index is 1130. The van der Waals surface area contributed by atoms with Crippen LogP contribution >= 0.6 is 0 Å². The standard InChI is InChI=1S/C30H42N2O11/c1-3-41-28(39)19(14-13-17-9-5-4-6-10-17)31-16(2)26(36)32-20-12-8-7-11-18(20)15-21(32)29(40)43-30-24(35)22(33)23(34)25(42-30)27(37)38/h4-6,9-10,16,18-25,30-31,33-35H,3,7-8,11-15H2,1-2H3,(H,37,38)/t16-,18+,19-,20-,21-,22-,23-,24+,25-,30-/m0/s1. The molecular formula is C30H42N2O11. The second-order valence-electron chi connectivity index (χ2n) is 11.5. The Balaban J connectivity index is 1.49. The number of aliphatic hydroxyl groups is 3. The third-order valence-electron chi connectivity index (χ3n) is 8.62. The number of nitrogens with zero attached hydrogens (tertiary/aromatic N) is 1. The zero-order valence-corrected chi connectivity index (χ0v) is 24.4. The Morgan fingerprint density at radius 3 is 2.42 bits per heavy atom. The fourth-order valence-corrected chi connectivity index (χ4v) is 6.39. The molecule has 0 radical (unpaired) electrons. The van der Waals surface area contributed by atoms with Crippen molar-refractivity contribution in [2.24, 2.45) is 5.92 Å². The van der Waals surface area contributed by atoms with Crippen molar-refractivity contribution >= 4 is 23.8 Å². The second kappa shape index (κ2) is 14.6. The van der Waals surface area contributed by atoms with Crippen LogP contribution in [0.15, 0.2) is 30.3 Å². The summed E-state index contributed by atoms with van der Waals surface area (Å²) >= 11 is 0. The molecule has 1 aromatic rings. The van der Waals surface area contributed by atoms with Crippen molar-refractivity contribution in [2.45, 2.75) is 114 Å². The van der Waals surface area contributed by atoms with Crippen LogP contribution < -0.4 is 5.32 Å². The maximum absolute atomic E-state index is 14.0. The summed E-state index contributed by atoms with van der Waals surface area (Å²) in [6, 6.07) is 6.66. The minimum absolute atomic E-state index is 0.0257. The third kappa shape index (κ3) is 7.52. The predicted molar refractivity (Wildman–Crippen MR) is 149 cm³/mol. The predicted octanol–water partition coefficient (Wildman–Crippen LogP) is 0.124. The van der Waals surface area contributed by atoms with Crippen molar-refractivity contribution in [2.75, 3.05) is 6.61 Å². The number of ether oxygens (including phenoxy) is 3. The number of carboxylic acids is 1. The summed E-state index contributed by atoms with van der Waals surface area (Å²) in [7, 11) is 0. The minimum atomic E-state index is -1.93. The quantitative estimate of drug-likeness (QED) is 0.214. The van der Waals surface area contributed by atoms with Crippen LogP contribution in [0, 0.1) is 5.92 Å². The van der Waals surface area contributed by atoms with E-state index in [0.29, 0.717) is 25.7 Å². The summed E-state index contributed by atoms with van der Waals surface area (Å²) in [5, 5.41) is 42.9. The Labute approximate surface area is 250 Å². The number of esters is 2. The highest BCUT2D eigenvalue weighted by atomic mass is 16.7. The van der Waals surface area contributed by atoms with E-state index in [9.17, 15) is 39.6 Å². The molecule has 238 valence electrons. The van der Waals surface area contributed by atoms with Crippen LogP contribution in [0.5, 0.6) is 0 Å². The lowest BCUT2D eigenvalue weighted by Crippen LogP contribution is -2.61. The Hall–Kier alpha value is -3.10. The Morgan fingerprint density at radius 1 is 1.05 bits per heavy atom. The molecule has 13 heteroatoms. The van der Waals surface area contributed by atoms with Gasteiger partial charge in [0.05, 0.1) is 12.6 Å². The number of carbonyl (C=O) groups excluding carboxylic acids is 3. The number of aliphatic hydroxyl groups excluding tert-OH is 3. The fraction of sp³-hybridized carbons (Fsp3) is 0.667. The van der Waals surface area contributed by atoms with Gasteiger partial charge in [-0.1, -0.05) is 43.2 Å². The zero-order valence-electron chi connectivity index (χ0n) is 24.4. The molecule has 0 spiro atoms. The highest BCUT2D eigenvalue weighted by Crippen LogP contribution is 2.41. The molecule has 1 aromatic carbocycles. The van der Waals surface area contributed by atoms with Crippen LogP contribution in [0.4, 0.5) is 0 Å². The summed E-state index contributed by atoms with van der Waals surface area (Å²) in [5.74, 6) is -3.39. The van der Waals surface area contributed by atoms with Crippen LogP contribution in [0.3, 0.4) is 0 Å². The van der Waals surface area contributed by atoms with Gasteiger partial charge in [0.25, 0.3) is 0 Å². The molecule has 4 rings (SSSR count). The van der Waals surface area contributed by atoms with Crippen LogP contribution in [0.25, 0.3) is 0 Å². The highest BCUT2D eigenvalue weighted by Gasteiger charge is 2.52. The van der Waals surface area contributed by atoms with E-state index in [2.05, 4.69) is 5.32 Å². The lowest BCUT2D eigenvalue weighted by molar-refractivity contribution is -0.287. The van der Waals surface area contributed by atoms with E-state index in [1.165, 1.54) is 4.90 Å². The number of hydrogen-bond acceptors (Lipinski definition) is 11. The first-order valence-corrected chi connectivity index (χ1v) is 14.9.